The average molecular weight is 579 g/mol. The van der Waals surface area contributed by atoms with E-state index in [0.717, 1.165) is 12.8 Å². The second-order valence-electron chi connectivity index (χ2n) is 10.4. The van der Waals surface area contributed by atoms with E-state index >= 15 is 0 Å². The Morgan fingerprint density at radius 3 is 2.44 bits per heavy atom. The van der Waals surface area contributed by atoms with Gasteiger partial charge in [-0.1, -0.05) is 27.2 Å². The summed E-state index contributed by atoms with van der Waals surface area (Å²) in [5, 5.41) is 5.56. The summed E-state index contributed by atoms with van der Waals surface area (Å²) in [6.45, 7) is 6.10. The number of carbonyl (C=O) groups excluding carboxylic acids is 4. The number of nitrogens with zero attached hydrogens (tertiary/aromatic N) is 4. The molecule has 1 saturated heterocycles. The summed E-state index contributed by atoms with van der Waals surface area (Å²) in [4.78, 5) is 62.6. The topological polar surface area (TPSA) is 152 Å². The average Bonchev–Trinajstić information content (AvgIpc) is 3.48. The molecule has 2 N–H and O–H groups in total. The monoisotopic (exact) mass is 578 g/mol. The molecule has 3 amide bonds. The van der Waals surface area contributed by atoms with Gasteiger partial charge in [-0.05, 0) is 18.8 Å². The number of carbonyl (C=O) groups is 4. The van der Waals surface area contributed by atoms with Gasteiger partial charge >= 0.3 is 5.97 Å². The van der Waals surface area contributed by atoms with E-state index in [1.54, 1.807) is 49.5 Å². The maximum absolute atomic E-state index is 13.7. The first kappa shape index (κ1) is 33.9. The second kappa shape index (κ2) is 16.8. The predicted molar refractivity (Wildman–Crippen MR) is 152 cm³/mol. The summed E-state index contributed by atoms with van der Waals surface area (Å²) in [6.07, 6.45) is 5.82. The van der Waals surface area contributed by atoms with Gasteiger partial charge in [0.2, 0.25) is 17.7 Å². The largest absolute Gasteiger partial charge is 0.468 e. The molecule has 0 aromatic carbocycles. The summed E-state index contributed by atoms with van der Waals surface area (Å²) >= 11 is 0. The molecule has 1 aromatic heterocycles. The molecule has 1 fully saturated rings. The van der Waals surface area contributed by atoms with Crippen molar-refractivity contribution in [3.8, 4) is 0 Å². The van der Waals surface area contributed by atoms with E-state index in [-0.39, 0.29) is 55.2 Å². The van der Waals surface area contributed by atoms with E-state index in [1.807, 2.05) is 13.8 Å². The number of anilines is 1. The van der Waals surface area contributed by atoms with Gasteiger partial charge in [0, 0.05) is 40.2 Å². The lowest BCUT2D eigenvalue weighted by Gasteiger charge is -2.39. The molecule has 1 aromatic rings. The minimum absolute atomic E-state index is 0.0200. The number of likely N-dealkylation sites (tertiary alicyclic amines) is 1. The molecule has 0 bridgehead atoms. The van der Waals surface area contributed by atoms with Crippen molar-refractivity contribution in [1.82, 2.24) is 25.1 Å². The highest BCUT2D eigenvalue weighted by atomic mass is 16.5. The number of methoxy groups -OCH3 is 3. The van der Waals surface area contributed by atoms with Crippen LogP contribution in [0.3, 0.4) is 0 Å². The lowest BCUT2D eigenvalue weighted by molar-refractivity contribution is -0.146. The summed E-state index contributed by atoms with van der Waals surface area (Å²) in [6, 6.07) is -0.672. The van der Waals surface area contributed by atoms with Crippen molar-refractivity contribution in [2.24, 2.45) is 11.8 Å². The maximum atomic E-state index is 13.7. The van der Waals surface area contributed by atoms with Gasteiger partial charge in [-0.3, -0.25) is 24.2 Å². The van der Waals surface area contributed by atoms with Crippen LogP contribution in [0.1, 0.15) is 46.5 Å². The first-order chi connectivity index (χ1) is 19.6. The summed E-state index contributed by atoms with van der Waals surface area (Å²) in [7, 11) is 6.04. The van der Waals surface area contributed by atoms with Crippen LogP contribution in [0.25, 0.3) is 0 Å². The highest BCUT2D eigenvalue weighted by molar-refractivity contribution is 5.84. The second-order valence-corrected chi connectivity index (χ2v) is 10.4. The van der Waals surface area contributed by atoms with E-state index in [4.69, 9.17) is 9.47 Å². The summed E-state index contributed by atoms with van der Waals surface area (Å²) < 4.78 is 16.2. The number of nitrogens with one attached hydrogen (secondary N) is 2. The maximum Gasteiger partial charge on any atom is 0.325 e. The molecule has 6 atom stereocenters. The van der Waals surface area contributed by atoms with Gasteiger partial charge in [0.15, 0.2) is 0 Å². The molecule has 0 radical (unpaired) electrons. The molecule has 13 heteroatoms. The molecule has 6 unspecified atom stereocenters. The van der Waals surface area contributed by atoms with Crippen LogP contribution in [0.4, 0.5) is 5.82 Å². The van der Waals surface area contributed by atoms with Crippen molar-refractivity contribution in [1.29, 1.82) is 0 Å². The van der Waals surface area contributed by atoms with E-state index < -0.39 is 24.1 Å². The fraction of sp³-hybridized carbons (Fsp3) is 0.714. The fourth-order valence-corrected chi connectivity index (χ4v) is 5.40. The van der Waals surface area contributed by atoms with Gasteiger partial charge in [-0.25, -0.2) is 4.98 Å². The standard InChI is InChI=1S/C28H46N6O7/c1-8-18(2)26(33(4)24(36)16-31-22-15-29-11-12-30-22)21(39-5)14-23(35)34-13-9-10-20(34)27(41-7)19(3)28(38)32-17-25(37)40-6/h11-12,15,18-21,26-27H,8-10,13-14,16-17H2,1-7H3,(H,30,31)(H,32,38). The number of rotatable bonds is 16. The van der Waals surface area contributed by atoms with Gasteiger partial charge in [-0.15, -0.1) is 0 Å². The van der Waals surface area contributed by atoms with Crippen LogP contribution in [-0.2, 0) is 33.4 Å². The quantitative estimate of drug-likeness (QED) is 0.273. The summed E-state index contributed by atoms with van der Waals surface area (Å²) in [5.41, 5.74) is 0. The molecular formula is C28H46N6O7. The van der Waals surface area contributed by atoms with Crippen molar-refractivity contribution >= 4 is 29.5 Å². The van der Waals surface area contributed by atoms with Crippen molar-refractivity contribution in [2.75, 3.05) is 53.3 Å². The van der Waals surface area contributed by atoms with Crippen molar-refractivity contribution in [2.45, 2.75) is 70.7 Å². The zero-order valence-electron chi connectivity index (χ0n) is 25.3. The van der Waals surface area contributed by atoms with Gasteiger partial charge < -0.3 is 34.6 Å². The molecule has 2 heterocycles. The number of ether oxygens (including phenoxy) is 3. The van der Waals surface area contributed by atoms with Crippen LogP contribution >= 0.6 is 0 Å². The predicted octanol–water partition coefficient (Wildman–Crippen LogP) is 1.10. The molecule has 1 aliphatic heterocycles. The number of aromatic nitrogens is 2. The Balaban J connectivity index is 2.13. The minimum atomic E-state index is -0.611. The lowest BCUT2D eigenvalue weighted by Crippen LogP contribution is -2.54. The fourth-order valence-electron chi connectivity index (χ4n) is 5.40. The Morgan fingerprint density at radius 2 is 1.85 bits per heavy atom. The zero-order chi connectivity index (χ0) is 30.5. The SMILES string of the molecule is CCC(C)C(C(CC(=O)N1CCCC1C(OC)C(C)C(=O)NCC(=O)OC)OC)N(C)C(=O)CNc1cnccn1. The third-order valence-electron chi connectivity index (χ3n) is 7.92. The van der Waals surface area contributed by atoms with Crippen LogP contribution < -0.4 is 10.6 Å². The lowest BCUT2D eigenvalue weighted by atomic mass is 9.90. The molecule has 41 heavy (non-hydrogen) atoms. The minimum Gasteiger partial charge on any atom is -0.468 e. The molecule has 0 aliphatic carbocycles. The number of hydrogen-bond donors (Lipinski definition) is 2. The Bertz CT molecular complexity index is 997. The smallest absolute Gasteiger partial charge is 0.325 e. The first-order valence-corrected chi connectivity index (χ1v) is 14.0. The van der Waals surface area contributed by atoms with E-state index in [2.05, 4.69) is 25.3 Å². The third-order valence-corrected chi connectivity index (χ3v) is 7.92. The van der Waals surface area contributed by atoms with Crippen molar-refractivity contribution < 1.29 is 33.4 Å². The van der Waals surface area contributed by atoms with Gasteiger partial charge in [0.05, 0.1) is 56.5 Å². The molecule has 13 nitrogen and oxygen atoms in total. The Labute approximate surface area is 242 Å². The highest BCUT2D eigenvalue weighted by Gasteiger charge is 2.41. The molecule has 0 spiro atoms. The zero-order valence-corrected chi connectivity index (χ0v) is 25.3. The summed E-state index contributed by atoms with van der Waals surface area (Å²) in [5.74, 6) is -1.27. The van der Waals surface area contributed by atoms with Crippen LogP contribution in [0, 0.1) is 11.8 Å². The Hall–Kier alpha value is -3.32. The number of amides is 3. The normalized spacial score (nSPS) is 18.5. The Kier molecular flexibility index (Phi) is 13.9. The van der Waals surface area contributed by atoms with Gasteiger partial charge in [-0.2, -0.15) is 0 Å². The van der Waals surface area contributed by atoms with Gasteiger partial charge in [0.25, 0.3) is 0 Å². The number of esters is 1. The highest BCUT2D eigenvalue weighted by Crippen LogP contribution is 2.29. The third kappa shape index (κ3) is 9.35. The van der Waals surface area contributed by atoms with Gasteiger partial charge in [0.1, 0.15) is 12.4 Å². The van der Waals surface area contributed by atoms with E-state index in [1.165, 1.54) is 14.2 Å². The van der Waals surface area contributed by atoms with Crippen LogP contribution in [0.5, 0.6) is 0 Å². The number of likely N-dealkylation sites (N-methyl/N-ethyl adjacent to an activating group) is 1. The molecular weight excluding hydrogens is 532 g/mol. The molecule has 0 saturated carbocycles. The van der Waals surface area contributed by atoms with Crippen LogP contribution in [0.2, 0.25) is 0 Å². The van der Waals surface area contributed by atoms with Crippen LogP contribution in [-0.4, -0.2) is 116 Å². The van der Waals surface area contributed by atoms with Crippen molar-refractivity contribution in [3.63, 3.8) is 0 Å². The Morgan fingerprint density at radius 1 is 1.12 bits per heavy atom. The first-order valence-electron chi connectivity index (χ1n) is 14.0. The van der Waals surface area contributed by atoms with E-state index in [0.29, 0.717) is 18.8 Å². The van der Waals surface area contributed by atoms with E-state index in [9.17, 15) is 19.2 Å². The molecule has 2 rings (SSSR count). The van der Waals surface area contributed by atoms with Crippen molar-refractivity contribution in [3.05, 3.63) is 18.6 Å². The van der Waals surface area contributed by atoms with Crippen LogP contribution in [0.15, 0.2) is 18.6 Å². The molecule has 230 valence electrons. The number of hydrogen-bond acceptors (Lipinski definition) is 10. The molecule has 1 aliphatic rings.